The second-order valence-corrected chi connectivity index (χ2v) is 5.33. The van der Waals surface area contributed by atoms with Crippen LogP contribution in [-0.2, 0) is 0 Å². The Kier molecular flexibility index (Phi) is 3.44. The van der Waals surface area contributed by atoms with Crippen LogP contribution in [0, 0.1) is 12.7 Å². The standard InChI is InChI=1S/C15H19FN4/c1-12-10-15(19-8-6-18(2)7-9-19)20(17-12)14-5-3-4-13(16)11-14/h3-5,10-11H,6-9H2,1-2H3. The third-order valence-electron chi connectivity index (χ3n) is 3.69. The average molecular weight is 274 g/mol. The largest absolute Gasteiger partial charge is 0.354 e. The van der Waals surface area contributed by atoms with Crippen molar-refractivity contribution in [1.82, 2.24) is 14.7 Å². The summed E-state index contributed by atoms with van der Waals surface area (Å²) in [6.45, 7) is 5.98. The molecule has 0 amide bonds. The summed E-state index contributed by atoms with van der Waals surface area (Å²) in [4.78, 5) is 4.62. The Bertz CT molecular complexity index is 600. The highest BCUT2D eigenvalue weighted by Gasteiger charge is 2.19. The van der Waals surface area contributed by atoms with Gasteiger partial charge in [-0.1, -0.05) is 6.07 Å². The lowest BCUT2D eigenvalue weighted by Gasteiger charge is -2.33. The molecule has 0 spiro atoms. The minimum absolute atomic E-state index is 0.236. The van der Waals surface area contributed by atoms with Gasteiger partial charge in [-0.15, -0.1) is 0 Å². The summed E-state index contributed by atoms with van der Waals surface area (Å²) in [5.74, 6) is 0.807. The molecule has 0 N–H and O–H groups in total. The van der Waals surface area contributed by atoms with Crippen LogP contribution in [0.5, 0.6) is 0 Å². The lowest BCUT2D eigenvalue weighted by molar-refractivity contribution is 0.311. The third-order valence-corrected chi connectivity index (χ3v) is 3.69. The fourth-order valence-corrected chi connectivity index (χ4v) is 2.54. The maximum Gasteiger partial charge on any atom is 0.132 e. The molecule has 106 valence electrons. The van der Waals surface area contributed by atoms with Gasteiger partial charge in [0.05, 0.1) is 11.4 Å². The highest BCUT2D eigenvalue weighted by molar-refractivity contribution is 5.48. The number of hydrogen-bond donors (Lipinski definition) is 0. The Morgan fingerprint density at radius 1 is 1.10 bits per heavy atom. The topological polar surface area (TPSA) is 24.3 Å². The number of aromatic nitrogens is 2. The molecule has 2 heterocycles. The number of rotatable bonds is 2. The Morgan fingerprint density at radius 3 is 2.55 bits per heavy atom. The van der Waals surface area contributed by atoms with Gasteiger partial charge < -0.3 is 9.80 Å². The highest BCUT2D eigenvalue weighted by Crippen LogP contribution is 2.22. The van der Waals surface area contributed by atoms with Crippen molar-refractivity contribution in [2.45, 2.75) is 6.92 Å². The summed E-state index contributed by atoms with van der Waals surface area (Å²) in [5.41, 5.74) is 1.72. The fraction of sp³-hybridized carbons (Fsp3) is 0.400. The Labute approximate surface area is 118 Å². The van der Waals surface area contributed by atoms with E-state index in [2.05, 4.69) is 28.0 Å². The molecule has 1 aliphatic heterocycles. The average Bonchev–Trinajstić information content (AvgIpc) is 2.82. The van der Waals surface area contributed by atoms with E-state index in [0.29, 0.717) is 0 Å². The van der Waals surface area contributed by atoms with Crippen LogP contribution in [0.4, 0.5) is 10.2 Å². The van der Waals surface area contributed by atoms with Crippen LogP contribution in [0.15, 0.2) is 30.3 Å². The van der Waals surface area contributed by atoms with Gasteiger partial charge >= 0.3 is 0 Å². The molecule has 4 nitrogen and oxygen atoms in total. The van der Waals surface area contributed by atoms with Crippen LogP contribution in [-0.4, -0.2) is 47.9 Å². The van der Waals surface area contributed by atoms with Crippen molar-refractivity contribution >= 4 is 5.82 Å². The van der Waals surface area contributed by atoms with E-state index in [4.69, 9.17) is 0 Å². The van der Waals surface area contributed by atoms with Crippen molar-refractivity contribution in [1.29, 1.82) is 0 Å². The van der Waals surface area contributed by atoms with E-state index >= 15 is 0 Å². The van der Waals surface area contributed by atoms with Crippen LogP contribution >= 0.6 is 0 Å². The van der Waals surface area contributed by atoms with Crippen molar-refractivity contribution in [2.24, 2.45) is 0 Å². The van der Waals surface area contributed by atoms with E-state index in [1.807, 2.05) is 17.7 Å². The Balaban J connectivity index is 1.96. The predicted molar refractivity (Wildman–Crippen MR) is 78.0 cm³/mol. The van der Waals surface area contributed by atoms with Crippen LogP contribution < -0.4 is 4.90 Å². The van der Waals surface area contributed by atoms with E-state index in [0.717, 1.165) is 43.4 Å². The van der Waals surface area contributed by atoms with Gasteiger partial charge in [0.1, 0.15) is 11.6 Å². The summed E-state index contributed by atoms with van der Waals surface area (Å²) in [5, 5.41) is 4.51. The zero-order valence-corrected chi connectivity index (χ0v) is 11.9. The molecule has 1 aliphatic rings. The van der Waals surface area contributed by atoms with Gasteiger partial charge in [0.2, 0.25) is 0 Å². The molecule has 3 rings (SSSR count). The van der Waals surface area contributed by atoms with Crippen LogP contribution in [0.2, 0.25) is 0 Å². The van der Waals surface area contributed by atoms with Crippen molar-refractivity contribution in [3.63, 3.8) is 0 Å². The normalized spacial score (nSPS) is 16.6. The first kappa shape index (κ1) is 13.1. The van der Waals surface area contributed by atoms with E-state index in [9.17, 15) is 4.39 Å². The number of nitrogens with zero attached hydrogens (tertiary/aromatic N) is 4. The molecule has 0 aliphatic carbocycles. The van der Waals surface area contributed by atoms with Crippen molar-refractivity contribution in [3.8, 4) is 5.69 Å². The van der Waals surface area contributed by atoms with Crippen molar-refractivity contribution in [2.75, 3.05) is 38.1 Å². The first-order chi connectivity index (χ1) is 9.63. The van der Waals surface area contributed by atoms with Crippen LogP contribution in [0.25, 0.3) is 5.69 Å². The molecule has 5 heteroatoms. The maximum absolute atomic E-state index is 13.4. The number of aryl methyl sites for hydroxylation is 1. The quantitative estimate of drug-likeness (QED) is 0.838. The summed E-state index contributed by atoms with van der Waals surface area (Å²) in [7, 11) is 2.13. The van der Waals surface area contributed by atoms with E-state index in [1.165, 1.54) is 12.1 Å². The number of anilines is 1. The first-order valence-corrected chi connectivity index (χ1v) is 6.89. The minimum atomic E-state index is -0.236. The summed E-state index contributed by atoms with van der Waals surface area (Å²) < 4.78 is 15.3. The zero-order chi connectivity index (χ0) is 14.1. The third kappa shape index (κ3) is 2.54. The second-order valence-electron chi connectivity index (χ2n) is 5.33. The van der Waals surface area contributed by atoms with Gasteiger partial charge in [0.25, 0.3) is 0 Å². The van der Waals surface area contributed by atoms with Gasteiger partial charge in [-0.2, -0.15) is 5.10 Å². The van der Waals surface area contributed by atoms with E-state index < -0.39 is 0 Å². The molecule has 0 bridgehead atoms. The van der Waals surface area contributed by atoms with Gasteiger partial charge in [-0.3, -0.25) is 0 Å². The molecular formula is C15H19FN4. The highest BCUT2D eigenvalue weighted by atomic mass is 19.1. The van der Waals surface area contributed by atoms with Crippen molar-refractivity contribution < 1.29 is 4.39 Å². The minimum Gasteiger partial charge on any atom is -0.354 e. The number of halogens is 1. The van der Waals surface area contributed by atoms with Gasteiger partial charge in [0.15, 0.2) is 0 Å². The molecule has 1 saturated heterocycles. The monoisotopic (exact) mass is 274 g/mol. The molecule has 2 aromatic rings. The molecule has 1 aromatic heterocycles. The smallest absolute Gasteiger partial charge is 0.132 e. The van der Waals surface area contributed by atoms with Gasteiger partial charge in [-0.05, 0) is 32.2 Å². The lowest BCUT2D eigenvalue weighted by atomic mass is 10.3. The first-order valence-electron chi connectivity index (χ1n) is 6.89. The van der Waals surface area contributed by atoms with E-state index in [1.54, 1.807) is 6.07 Å². The summed E-state index contributed by atoms with van der Waals surface area (Å²) in [6, 6.07) is 8.64. The molecule has 1 aromatic carbocycles. The number of likely N-dealkylation sites (N-methyl/N-ethyl adjacent to an activating group) is 1. The fourth-order valence-electron chi connectivity index (χ4n) is 2.54. The van der Waals surface area contributed by atoms with Crippen LogP contribution in [0.3, 0.4) is 0 Å². The van der Waals surface area contributed by atoms with Gasteiger partial charge in [0, 0.05) is 32.2 Å². The molecule has 0 radical (unpaired) electrons. The molecular weight excluding hydrogens is 255 g/mol. The van der Waals surface area contributed by atoms with Crippen molar-refractivity contribution in [3.05, 3.63) is 41.8 Å². The van der Waals surface area contributed by atoms with Gasteiger partial charge in [-0.25, -0.2) is 9.07 Å². The maximum atomic E-state index is 13.4. The second kappa shape index (κ2) is 5.25. The SMILES string of the molecule is Cc1cc(N2CCN(C)CC2)n(-c2cccc(F)c2)n1. The lowest BCUT2D eigenvalue weighted by Crippen LogP contribution is -2.45. The summed E-state index contributed by atoms with van der Waals surface area (Å²) >= 11 is 0. The zero-order valence-electron chi connectivity index (χ0n) is 11.9. The van der Waals surface area contributed by atoms with E-state index in [-0.39, 0.29) is 5.82 Å². The Hall–Kier alpha value is -1.88. The number of piperazine rings is 1. The summed E-state index contributed by atoms with van der Waals surface area (Å²) in [6.07, 6.45) is 0. The number of benzene rings is 1. The molecule has 1 fully saturated rings. The van der Waals surface area contributed by atoms with Crippen LogP contribution in [0.1, 0.15) is 5.69 Å². The Morgan fingerprint density at radius 2 is 1.85 bits per heavy atom. The molecule has 0 atom stereocenters. The molecule has 0 saturated carbocycles. The number of hydrogen-bond acceptors (Lipinski definition) is 3. The molecule has 0 unspecified atom stereocenters. The predicted octanol–water partition coefficient (Wildman–Crippen LogP) is 2.07. The molecule has 20 heavy (non-hydrogen) atoms.